The molecule has 4 aliphatic rings. The van der Waals surface area contributed by atoms with Crippen molar-refractivity contribution < 1.29 is 39.5 Å². The molecule has 0 aromatic carbocycles. The Bertz CT molecular complexity index is 862. The van der Waals surface area contributed by atoms with E-state index in [9.17, 15) is 30.0 Å². The molecule has 0 aromatic rings. The van der Waals surface area contributed by atoms with E-state index in [4.69, 9.17) is 15.2 Å². The molecular formula is C26H43N3O8S. The number of amides is 2. The minimum atomic E-state index is -1.47. The molecule has 0 radical (unpaired) electrons. The van der Waals surface area contributed by atoms with Gasteiger partial charge in [-0.3, -0.25) is 9.69 Å². The summed E-state index contributed by atoms with van der Waals surface area (Å²) in [4.78, 5) is 27.1. The van der Waals surface area contributed by atoms with Crippen molar-refractivity contribution in [3.05, 3.63) is 12.2 Å². The molecule has 38 heavy (non-hydrogen) atoms. The smallest absolute Gasteiger partial charge is 0.408 e. The molecule has 4 heterocycles. The lowest BCUT2D eigenvalue weighted by Gasteiger charge is -2.44. The fourth-order valence-electron chi connectivity index (χ4n) is 6.38. The van der Waals surface area contributed by atoms with E-state index in [0.717, 1.165) is 19.3 Å². The van der Waals surface area contributed by atoms with Crippen molar-refractivity contribution in [2.75, 3.05) is 19.7 Å². The van der Waals surface area contributed by atoms with E-state index in [1.807, 2.05) is 12.2 Å². The third-order valence-corrected chi connectivity index (χ3v) is 9.64. The molecule has 7 N–H and O–H groups in total. The average Bonchev–Trinajstić information content (AvgIpc) is 3.12. The fraction of sp³-hybridized carbons (Fsp3) is 0.846. The number of hydrogen-bond acceptors (Lipinski definition) is 9. The van der Waals surface area contributed by atoms with Crippen molar-refractivity contribution in [1.82, 2.24) is 10.2 Å². The van der Waals surface area contributed by atoms with Gasteiger partial charge in [-0.25, -0.2) is 4.79 Å². The summed E-state index contributed by atoms with van der Waals surface area (Å²) in [5, 5.41) is 44.7. The van der Waals surface area contributed by atoms with E-state index in [1.54, 1.807) is 0 Å². The Morgan fingerprint density at radius 3 is 2.55 bits per heavy atom. The van der Waals surface area contributed by atoms with Gasteiger partial charge in [0.15, 0.2) is 0 Å². The molecule has 4 aliphatic heterocycles. The topological polar surface area (TPSA) is 175 Å². The first-order valence-electron chi connectivity index (χ1n) is 13.7. The number of nitrogens with two attached hydrogens (primary N) is 1. The summed E-state index contributed by atoms with van der Waals surface area (Å²) in [6.07, 6.45) is 0.430. The van der Waals surface area contributed by atoms with Crippen molar-refractivity contribution in [1.29, 1.82) is 0 Å². The minimum Gasteiger partial charge on any atom is -0.465 e. The highest BCUT2D eigenvalue weighted by Gasteiger charge is 2.52. The monoisotopic (exact) mass is 557 g/mol. The molecule has 2 bridgehead atoms. The molecule has 3 saturated heterocycles. The van der Waals surface area contributed by atoms with Crippen LogP contribution < -0.4 is 11.1 Å². The second-order valence-electron chi connectivity index (χ2n) is 11.5. The molecule has 216 valence electrons. The van der Waals surface area contributed by atoms with Crippen LogP contribution in [0, 0.1) is 17.8 Å². The number of aliphatic hydroxyl groups excluding tert-OH is 3. The van der Waals surface area contributed by atoms with Gasteiger partial charge < -0.3 is 41.0 Å². The van der Waals surface area contributed by atoms with Crippen LogP contribution in [0.25, 0.3) is 0 Å². The van der Waals surface area contributed by atoms with Gasteiger partial charge in [0, 0.05) is 30.9 Å². The Balaban J connectivity index is 1.55. The fourth-order valence-corrected chi connectivity index (χ4v) is 7.60. The van der Waals surface area contributed by atoms with Crippen LogP contribution in [0.4, 0.5) is 4.79 Å². The van der Waals surface area contributed by atoms with Gasteiger partial charge in [0.25, 0.3) is 0 Å². The molecule has 3 fully saturated rings. The highest BCUT2D eigenvalue weighted by molar-refractivity contribution is 8.00. The third-order valence-electron chi connectivity index (χ3n) is 8.21. The van der Waals surface area contributed by atoms with E-state index >= 15 is 0 Å². The van der Waals surface area contributed by atoms with E-state index in [1.165, 1.54) is 16.7 Å². The number of carboxylic acid groups (broad SMARTS) is 1. The second-order valence-corrected chi connectivity index (χ2v) is 12.9. The molecule has 12 heteroatoms. The van der Waals surface area contributed by atoms with Gasteiger partial charge in [0.1, 0.15) is 35.9 Å². The maximum Gasteiger partial charge on any atom is 0.408 e. The van der Waals surface area contributed by atoms with Crippen LogP contribution in [0.1, 0.15) is 46.0 Å². The Hall–Kier alpha value is -1.41. The van der Waals surface area contributed by atoms with E-state index in [-0.39, 0.29) is 24.1 Å². The van der Waals surface area contributed by atoms with Crippen molar-refractivity contribution in [3.8, 4) is 0 Å². The number of ether oxygens (including phenoxy) is 2. The molecule has 0 aliphatic carbocycles. The maximum absolute atomic E-state index is 13.7. The van der Waals surface area contributed by atoms with Gasteiger partial charge in [-0.15, -0.1) is 11.8 Å². The number of carbonyl (C=O) groups excluding carboxylic acids is 1. The van der Waals surface area contributed by atoms with Gasteiger partial charge in [-0.2, -0.15) is 0 Å². The number of hydrogen-bond donors (Lipinski definition) is 6. The molecule has 0 spiro atoms. The standard InChI is InChI=1S/C26H43N3O8S/c1-13(2)9-14-7-8-36-22-15(10-14)12-29(26(34)35)18(22)24(33)28-17-6-4-3-5-16(11-27)38-25-21(32)19(30)20(31)23(17)37-25/h3-4,13-23,25,30-32H,5-12,27H2,1-2H3,(H,28,33)(H,34,35)/b4-3-/t14-,15-,16-,17+,18?,19-,20+,21+,22+,23+,25+/m0/s1. The number of likely N-dealkylation sites (tertiary alicyclic amines) is 1. The molecule has 1 unspecified atom stereocenters. The summed E-state index contributed by atoms with van der Waals surface area (Å²) in [6.45, 7) is 5.38. The molecule has 11 nitrogen and oxygen atoms in total. The number of thioether (sulfide) groups is 1. The van der Waals surface area contributed by atoms with E-state index in [0.29, 0.717) is 31.4 Å². The summed E-state index contributed by atoms with van der Waals surface area (Å²) in [7, 11) is 0. The van der Waals surface area contributed by atoms with E-state index in [2.05, 4.69) is 19.2 Å². The Morgan fingerprint density at radius 2 is 1.87 bits per heavy atom. The lowest BCUT2D eigenvalue weighted by Crippen LogP contribution is -2.64. The summed E-state index contributed by atoms with van der Waals surface area (Å²) >= 11 is 1.29. The lowest BCUT2D eigenvalue weighted by molar-refractivity contribution is -0.205. The Labute approximate surface area is 228 Å². The zero-order valence-electron chi connectivity index (χ0n) is 22.1. The van der Waals surface area contributed by atoms with Gasteiger partial charge in [0.05, 0.1) is 12.1 Å². The van der Waals surface area contributed by atoms with Gasteiger partial charge in [-0.05, 0) is 43.9 Å². The number of allylic oxidation sites excluding steroid dienone is 1. The van der Waals surface area contributed by atoms with Gasteiger partial charge in [0.2, 0.25) is 5.91 Å². The summed E-state index contributed by atoms with van der Waals surface area (Å²) in [5.74, 6) is 0.334. The van der Waals surface area contributed by atoms with Crippen LogP contribution in [0.2, 0.25) is 0 Å². The molecule has 11 atom stereocenters. The van der Waals surface area contributed by atoms with Crippen molar-refractivity contribution in [2.24, 2.45) is 23.5 Å². The first kappa shape index (κ1) is 29.6. The number of fused-ring (bicyclic) bond motifs is 3. The van der Waals surface area contributed by atoms with E-state index < -0.39 is 60.0 Å². The van der Waals surface area contributed by atoms with Crippen LogP contribution in [0.15, 0.2) is 12.2 Å². The number of nitrogens with zero attached hydrogens (tertiary/aromatic N) is 1. The quantitative estimate of drug-likeness (QED) is 0.261. The number of nitrogens with one attached hydrogen (secondary N) is 1. The second kappa shape index (κ2) is 12.8. The summed E-state index contributed by atoms with van der Waals surface area (Å²) in [5.41, 5.74) is 5.02. The van der Waals surface area contributed by atoms with Crippen LogP contribution in [-0.4, -0.2) is 110 Å². The third kappa shape index (κ3) is 6.48. The maximum atomic E-state index is 13.7. The molecule has 4 rings (SSSR count). The summed E-state index contributed by atoms with van der Waals surface area (Å²) in [6, 6.07) is -1.79. The first-order valence-corrected chi connectivity index (χ1v) is 14.7. The summed E-state index contributed by atoms with van der Waals surface area (Å²) < 4.78 is 12.2. The molecule has 2 amide bonds. The van der Waals surface area contributed by atoms with Crippen molar-refractivity contribution >= 4 is 23.8 Å². The van der Waals surface area contributed by atoms with Crippen LogP contribution in [0.3, 0.4) is 0 Å². The predicted octanol–water partition coefficient (Wildman–Crippen LogP) is 0.509. The Kier molecular flexibility index (Phi) is 9.99. The zero-order valence-corrected chi connectivity index (χ0v) is 22.9. The van der Waals surface area contributed by atoms with Gasteiger partial charge in [-0.1, -0.05) is 26.0 Å². The molecule has 0 aromatic heterocycles. The average molecular weight is 558 g/mol. The predicted molar refractivity (Wildman–Crippen MR) is 141 cm³/mol. The normalized spacial score (nSPS) is 42.7. The SMILES string of the molecule is CC(C)C[C@@H]1CCO[C@H]2C(C(=O)N[C@@H]3C/C=C\C[C@@H](CN)S[C@H]4O[C@H]3[C@H](O)[C@H](O)[C@H]4O)N(C(=O)O)C[C@@H]2C1. The number of rotatable bonds is 5. The van der Waals surface area contributed by atoms with Crippen LogP contribution >= 0.6 is 11.8 Å². The number of aliphatic hydroxyl groups is 3. The largest absolute Gasteiger partial charge is 0.465 e. The van der Waals surface area contributed by atoms with Crippen LogP contribution in [-0.2, 0) is 14.3 Å². The minimum absolute atomic E-state index is 0.0495. The zero-order chi connectivity index (χ0) is 27.6. The first-order chi connectivity index (χ1) is 18.1. The molecular weight excluding hydrogens is 514 g/mol. The number of carbonyl (C=O) groups is 2. The lowest BCUT2D eigenvalue weighted by atomic mass is 9.85. The van der Waals surface area contributed by atoms with Gasteiger partial charge >= 0.3 is 6.09 Å². The highest BCUT2D eigenvalue weighted by atomic mass is 32.2. The van der Waals surface area contributed by atoms with Crippen LogP contribution in [0.5, 0.6) is 0 Å². The Morgan fingerprint density at radius 1 is 1.13 bits per heavy atom. The molecule has 0 saturated carbocycles. The highest BCUT2D eigenvalue weighted by Crippen LogP contribution is 2.38. The van der Waals surface area contributed by atoms with Crippen molar-refractivity contribution in [2.45, 2.75) is 99.2 Å². The van der Waals surface area contributed by atoms with Crippen molar-refractivity contribution in [3.63, 3.8) is 0 Å².